The van der Waals surface area contributed by atoms with Gasteiger partial charge >= 0.3 is 0 Å². The van der Waals surface area contributed by atoms with Crippen molar-refractivity contribution in [3.05, 3.63) is 66.0 Å². The molecule has 0 bridgehead atoms. The molecule has 4 amide bonds. The van der Waals surface area contributed by atoms with Gasteiger partial charge < -0.3 is 30.7 Å². The third-order valence-electron chi connectivity index (χ3n) is 4.95. The number of amides is 4. The molecule has 0 spiro atoms. The van der Waals surface area contributed by atoms with Crippen LogP contribution in [0, 0.1) is 0 Å². The van der Waals surface area contributed by atoms with Gasteiger partial charge in [0.05, 0.1) is 11.4 Å². The Morgan fingerprint density at radius 3 is 1.68 bits per heavy atom. The van der Waals surface area contributed by atoms with Gasteiger partial charge in [-0.2, -0.15) is 0 Å². The topological polar surface area (TPSA) is 148 Å². The summed E-state index contributed by atoms with van der Waals surface area (Å²) in [5.74, 6) is -0.640. The van der Waals surface area contributed by atoms with Crippen LogP contribution in [0.4, 0.5) is 22.7 Å². The Labute approximate surface area is 192 Å². The fourth-order valence-corrected chi connectivity index (χ4v) is 3.40. The van der Waals surface area contributed by atoms with E-state index < -0.39 is 11.8 Å². The Balaban J connectivity index is 1.29. The molecule has 1 aromatic heterocycles. The van der Waals surface area contributed by atoms with Crippen LogP contribution in [0.1, 0.15) is 21.0 Å². The maximum atomic E-state index is 12.7. The molecule has 3 heterocycles. The van der Waals surface area contributed by atoms with Gasteiger partial charge in [0, 0.05) is 11.4 Å². The van der Waals surface area contributed by atoms with Crippen molar-refractivity contribution in [1.82, 2.24) is 4.98 Å². The van der Waals surface area contributed by atoms with E-state index in [2.05, 4.69) is 26.3 Å². The van der Waals surface area contributed by atoms with Crippen LogP contribution in [0.2, 0.25) is 0 Å². The lowest BCUT2D eigenvalue weighted by molar-refractivity contribution is -0.119. The van der Waals surface area contributed by atoms with Crippen molar-refractivity contribution in [2.24, 2.45) is 0 Å². The number of rotatable bonds is 4. The molecule has 34 heavy (non-hydrogen) atoms. The highest BCUT2D eigenvalue weighted by molar-refractivity contribution is 6.07. The fourth-order valence-electron chi connectivity index (χ4n) is 3.40. The first-order valence-corrected chi connectivity index (χ1v) is 10.2. The lowest BCUT2D eigenvalue weighted by Crippen LogP contribution is -2.25. The number of carbonyl (C=O) groups excluding carboxylic acids is 4. The summed E-state index contributed by atoms with van der Waals surface area (Å²) >= 11 is 0. The first-order valence-electron chi connectivity index (χ1n) is 10.2. The summed E-state index contributed by atoms with van der Waals surface area (Å²) in [6, 6.07) is 14.1. The Morgan fingerprint density at radius 2 is 1.21 bits per heavy atom. The molecule has 11 nitrogen and oxygen atoms in total. The van der Waals surface area contributed by atoms with E-state index in [0.717, 1.165) is 0 Å². The first-order chi connectivity index (χ1) is 16.4. The summed E-state index contributed by atoms with van der Waals surface area (Å²) in [4.78, 5) is 52.5. The molecular weight excluding hydrogens is 442 g/mol. The molecule has 2 aliphatic heterocycles. The zero-order chi connectivity index (χ0) is 23.7. The van der Waals surface area contributed by atoms with Crippen molar-refractivity contribution in [2.75, 3.05) is 34.5 Å². The molecule has 2 aromatic carbocycles. The lowest BCUT2D eigenvalue weighted by Gasteiger charge is -2.18. The summed E-state index contributed by atoms with van der Waals surface area (Å²) in [6.45, 7) is -0.128. The largest absolute Gasteiger partial charge is 0.482 e. The number of carbonyl (C=O) groups is 4. The van der Waals surface area contributed by atoms with Crippen LogP contribution < -0.4 is 30.7 Å². The van der Waals surface area contributed by atoms with E-state index in [0.29, 0.717) is 34.2 Å². The van der Waals surface area contributed by atoms with Crippen molar-refractivity contribution < 1.29 is 28.7 Å². The third-order valence-corrected chi connectivity index (χ3v) is 4.95. The number of ether oxygens (including phenoxy) is 2. The smallest absolute Gasteiger partial charge is 0.274 e. The van der Waals surface area contributed by atoms with Crippen molar-refractivity contribution in [1.29, 1.82) is 0 Å². The lowest BCUT2D eigenvalue weighted by atomic mass is 10.2. The van der Waals surface area contributed by atoms with E-state index in [9.17, 15) is 19.2 Å². The van der Waals surface area contributed by atoms with Gasteiger partial charge in [-0.05, 0) is 48.5 Å². The Kier molecular flexibility index (Phi) is 5.26. The van der Waals surface area contributed by atoms with E-state index in [1.54, 1.807) is 42.5 Å². The quantitative estimate of drug-likeness (QED) is 0.468. The van der Waals surface area contributed by atoms with Crippen LogP contribution in [-0.4, -0.2) is 41.8 Å². The predicted molar refractivity (Wildman–Crippen MR) is 121 cm³/mol. The molecule has 0 saturated carbocycles. The van der Waals surface area contributed by atoms with Crippen LogP contribution in [0.25, 0.3) is 0 Å². The van der Waals surface area contributed by atoms with Gasteiger partial charge in [0.25, 0.3) is 23.6 Å². The molecule has 0 unspecified atom stereocenters. The number of benzene rings is 2. The second-order valence-corrected chi connectivity index (χ2v) is 7.41. The maximum absolute atomic E-state index is 12.7. The molecule has 0 fully saturated rings. The number of nitrogens with zero attached hydrogens (tertiary/aromatic N) is 1. The average molecular weight is 459 g/mol. The zero-order valence-corrected chi connectivity index (χ0v) is 17.5. The molecule has 0 saturated heterocycles. The van der Waals surface area contributed by atoms with Crippen LogP contribution >= 0.6 is 0 Å². The highest BCUT2D eigenvalue weighted by atomic mass is 16.5. The summed E-state index contributed by atoms with van der Waals surface area (Å²) in [6.07, 6.45) is 0. The normalized spacial score (nSPS) is 13.8. The molecule has 0 radical (unpaired) electrons. The number of pyridine rings is 1. The van der Waals surface area contributed by atoms with Gasteiger partial charge in [-0.15, -0.1) is 0 Å². The van der Waals surface area contributed by atoms with Gasteiger partial charge in [0.2, 0.25) is 0 Å². The summed E-state index contributed by atoms with van der Waals surface area (Å²) < 4.78 is 10.6. The molecule has 5 rings (SSSR count). The summed E-state index contributed by atoms with van der Waals surface area (Å²) in [5.41, 5.74) is 1.78. The molecule has 170 valence electrons. The van der Waals surface area contributed by atoms with Crippen LogP contribution in [0.15, 0.2) is 54.6 Å². The van der Waals surface area contributed by atoms with E-state index in [4.69, 9.17) is 9.47 Å². The van der Waals surface area contributed by atoms with Crippen molar-refractivity contribution in [3.63, 3.8) is 0 Å². The first kappa shape index (κ1) is 20.9. The van der Waals surface area contributed by atoms with E-state index in [1.165, 1.54) is 12.1 Å². The molecule has 0 atom stereocenters. The Bertz CT molecular complexity index is 1260. The average Bonchev–Trinajstić information content (AvgIpc) is 2.83. The molecule has 11 heteroatoms. The van der Waals surface area contributed by atoms with Gasteiger partial charge in [-0.1, -0.05) is 6.07 Å². The van der Waals surface area contributed by atoms with E-state index in [1.807, 2.05) is 0 Å². The number of anilines is 4. The minimum Gasteiger partial charge on any atom is -0.482 e. The summed E-state index contributed by atoms with van der Waals surface area (Å²) in [5, 5.41) is 10.7. The highest BCUT2D eigenvalue weighted by Gasteiger charge is 2.19. The Morgan fingerprint density at radius 1 is 0.735 bits per heavy atom. The third kappa shape index (κ3) is 4.35. The van der Waals surface area contributed by atoms with Gasteiger partial charge in [-0.3, -0.25) is 19.2 Å². The van der Waals surface area contributed by atoms with Gasteiger partial charge in [0.15, 0.2) is 13.2 Å². The van der Waals surface area contributed by atoms with E-state index >= 15 is 0 Å². The van der Waals surface area contributed by atoms with Gasteiger partial charge in [-0.25, -0.2) is 4.98 Å². The fraction of sp³-hybridized carbons (Fsp3) is 0.0870. The molecule has 4 N–H and O–H groups in total. The van der Waals surface area contributed by atoms with Crippen molar-refractivity contribution in [3.8, 4) is 11.5 Å². The molecule has 2 aliphatic rings. The van der Waals surface area contributed by atoms with Crippen LogP contribution in [-0.2, 0) is 9.59 Å². The number of fused-ring (bicyclic) bond motifs is 2. The van der Waals surface area contributed by atoms with Crippen molar-refractivity contribution in [2.45, 2.75) is 0 Å². The molecular formula is C23H17N5O6. The monoisotopic (exact) mass is 459 g/mol. The maximum Gasteiger partial charge on any atom is 0.274 e. The van der Waals surface area contributed by atoms with Crippen molar-refractivity contribution >= 4 is 46.4 Å². The number of hydrogen-bond acceptors (Lipinski definition) is 7. The number of aromatic nitrogens is 1. The highest BCUT2D eigenvalue weighted by Crippen LogP contribution is 2.31. The van der Waals surface area contributed by atoms with Crippen LogP contribution in [0.3, 0.4) is 0 Å². The van der Waals surface area contributed by atoms with E-state index in [-0.39, 0.29) is 36.4 Å². The molecule has 0 aliphatic carbocycles. The number of nitrogens with one attached hydrogen (secondary N) is 4. The zero-order valence-electron chi connectivity index (χ0n) is 17.5. The predicted octanol–water partition coefficient (Wildman–Crippen LogP) is 2.25. The van der Waals surface area contributed by atoms with Crippen LogP contribution in [0.5, 0.6) is 11.5 Å². The Hall–Kier alpha value is -4.93. The second-order valence-electron chi connectivity index (χ2n) is 7.41. The van der Waals surface area contributed by atoms with Gasteiger partial charge in [0.1, 0.15) is 22.9 Å². The SMILES string of the molecule is O=C1COc2ccc(NC(=O)c3cccc(C(=O)Nc4ccc5c(c4)NC(=O)CO5)n3)cc2N1. The summed E-state index contributed by atoms with van der Waals surface area (Å²) in [7, 11) is 0. The number of hydrogen-bond donors (Lipinski definition) is 4. The molecule has 3 aromatic rings. The standard InChI is InChI=1S/C23H17N5O6/c29-20-10-33-18-6-4-12(8-16(18)27-20)24-22(31)14-2-1-3-15(26-14)23(32)25-13-5-7-19-17(9-13)28-21(30)11-34-19/h1-9H,10-11H2,(H,24,31)(H,25,32)(H,27,29)(H,28,30). The minimum atomic E-state index is -0.536. The second kappa shape index (κ2) is 8.54. The minimum absolute atomic E-state index is 0.0248.